The predicted molar refractivity (Wildman–Crippen MR) is 116 cm³/mol. The van der Waals surface area contributed by atoms with Crippen LogP contribution in [0.25, 0.3) is 6.08 Å². The Hall–Kier alpha value is -1.45. The summed E-state index contributed by atoms with van der Waals surface area (Å²) >= 11 is 0. The number of benzene rings is 1. The number of hydrogen-bond donors (Lipinski definition) is 1. The lowest BCUT2D eigenvalue weighted by atomic mass is 9.60. The van der Waals surface area contributed by atoms with Crippen LogP contribution in [0.4, 0.5) is 0 Å². The first-order valence-electron chi connectivity index (χ1n) is 11.1. The molecule has 1 spiro atoms. The van der Waals surface area contributed by atoms with Gasteiger partial charge in [0.2, 0.25) is 0 Å². The second-order valence-corrected chi connectivity index (χ2v) is 10.3. The van der Waals surface area contributed by atoms with Gasteiger partial charge in [0.1, 0.15) is 5.78 Å². The number of carbonyl (C=O) groups is 1. The van der Waals surface area contributed by atoms with Crippen molar-refractivity contribution in [1.29, 1.82) is 0 Å². The number of hydrogen-bond acceptors (Lipinski definition) is 3. The van der Waals surface area contributed by atoms with Gasteiger partial charge in [-0.05, 0) is 49.5 Å². The molecular weight excluding hydrogens is 344 g/mol. The standard InChI is InChI=1S/C25H36N2O/c1-5-20(11-19-9-7-6-8-10-19)22-12-23(22)26-21-13-25(14-21)16-27(17-25)15-24(3,4)18(2)28/h6-11,21-23,26H,5,12-17H2,1-4H3/b20-11+/t22-,23+/m0/s1. The monoisotopic (exact) mass is 380 g/mol. The number of ketones is 1. The minimum absolute atomic E-state index is 0.202. The second kappa shape index (κ2) is 7.42. The van der Waals surface area contributed by atoms with Crippen molar-refractivity contribution >= 4 is 11.9 Å². The fourth-order valence-electron chi connectivity index (χ4n) is 5.37. The molecule has 1 aromatic carbocycles. The molecule has 1 heterocycles. The highest BCUT2D eigenvalue weighted by molar-refractivity contribution is 5.81. The van der Waals surface area contributed by atoms with Crippen molar-refractivity contribution in [3.8, 4) is 0 Å². The van der Waals surface area contributed by atoms with Crippen molar-refractivity contribution < 1.29 is 4.79 Å². The summed E-state index contributed by atoms with van der Waals surface area (Å²) in [6.07, 6.45) is 7.48. The molecule has 0 bridgehead atoms. The number of carbonyl (C=O) groups excluding carboxylic acids is 1. The van der Waals surface area contributed by atoms with Crippen LogP contribution in [0, 0.1) is 16.7 Å². The largest absolute Gasteiger partial charge is 0.311 e. The molecule has 2 aliphatic carbocycles. The van der Waals surface area contributed by atoms with E-state index in [4.69, 9.17) is 0 Å². The van der Waals surface area contributed by atoms with Crippen LogP contribution in [0.15, 0.2) is 35.9 Å². The Morgan fingerprint density at radius 2 is 1.93 bits per heavy atom. The molecule has 2 atom stereocenters. The topological polar surface area (TPSA) is 32.3 Å². The summed E-state index contributed by atoms with van der Waals surface area (Å²) in [5.41, 5.74) is 3.27. The lowest BCUT2D eigenvalue weighted by Gasteiger charge is -2.60. The predicted octanol–water partition coefficient (Wildman–Crippen LogP) is 4.54. The molecule has 0 radical (unpaired) electrons. The van der Waals surface area contributed by atoms with Crippen LogP contribution < -0.4 is 5.32 Å². The third-order valence-electron chi connectivity index (χ3n) is 7.33. The van der Waals surface area contributed by atoms with Crippen molar-refractivity contribution in [1.82, 2.24) is 10.2 Å². The normalized spacial score (nSPS) is 27.4. The second-order valence-electron chi connectivity index (χ2n) is 10.3. The molecule has 0 amide bonds. The van der Waals surface area contributed by atoms with Gasteiger partial charge in [-0.2, -0.15) is 0 Å². The molecule has 1 aliphatic heterocycles. The van der Waals surface area contributed by atoms with E-state index < -0.39 is 0 Å². The average Bonchev–Trinajstić information content (AvgIpc) is 3.35. The highest BCUT2D eigenvalue weighted by Crippen LogP contribution is 2.50. The van der Waals surface area contributed by atoms with E-state index >= 15 is 0 Å². The number of nitrogens with one attached hydrogen (secondary N) is 1. The summed E-state index contributed by atoms with van der Waals surface area (Å²) in [5, 5.41) is 3.93. The Morgan fingerprint density at radius 3 is 2.54 bits per heavy atom. The van der Waals surface area contributed by atoms with Crippen molar-refractivity contribution in [3.63, 3.8) is 0 Å². The van der Waals surface area contributed by atoms with E-state index in [9.17, 15) is 4.79 Å². The third kappa shape index (κ3) is 4.11. The highest BCUT2D eigenvalue weighted by atomic mass is 16.1. The SMILES string of the molecule is CC/C(=C\c1ccccc1)[C@@H]1C[C@H]1NC1CC2(C1)CN(CC(C)(C)C(C)=O)C2. The maximum Gasteiger partial charge on any atom is 0.136 e. The van der Waals surface area contributed by atoms with Gasteiger partial charge < -0.3 is 10.2 Å². The molecule has 2 saturated carbocycles. The number of likely N-dealkylation sites (tertiary alicyclic amines) is 1. The molecule has 0 aromatic heterocycles. The van der Waals surface area contributed by atoms with Crippen LogP contribution in [0.1, 0.15) is 58.9 Å². The molecule has 28 heavy (non-hydrogen) atoms. The zero-order valence-corrected chi connectivity index (χ0v) is 18.0. The Kier molecular flexibility index (Phi) is 5.26. The molecule has 1 saturated heterocycles. The first-order valence-corrected chi connectivity index (χ1v) is 11.1. The molecule has 3 aliphatic rings. The fraction of sp³-hybridized carbons (Fsp3) is 0.640. The van der Waals surface area contributed by atoms with E-state index in [0.29, 0.717) is 23.3 Å². The highest BCUT2D eigenvalue weighted by Gasteiger charge is 2.54. The van der Waals surface area contributed by atoms with Gasteiger partial charge in [0.15, 0.2) is 0 Å². The van der Waals surface area contributed by atoms with Gasteiger partial charge in [0, 0.05) is 37.1 Å². The molecule has 3 fully saturated rings. The molecule has 1 aromatic rings. The molecule has 3 nitrogen and oxygen atoms in total. The van der Waals surface area contributed by atoms with E-state index in [2.05, 4.69) is 67.4 Å². The van der Waals surface area contributed by atoms with Crippen LogP contribution >= 0.6 is 0 Å². The number of rotatable bonds is 8. The van der Waals surface area contributed by atoms with Crippen LogP contribution in [-0.2, 0) is 4.79 Å². The Morgan fingerprint density at radius 1 is 1.25 bits per heavy atom. The summed E-state index contributed by atoms with van der Waals surface area (Å²) in [6.45, 7) is 11.4. The van der Waals surface area contributed by atoms with Gasteiger partial charge in [-0.1, -0.05) is 62.8 Å². The third-order valence-corrected chi connectivity index (χ3v) is 7.33. The Balaban J connectivity index is 1.21. The summed E-state index contributed by atoms with van der Waals surface area (Å²) in [5.74, 6) is 1.03. The van der Waals surface area contributed by atoms with Crippen LogP contribution in [0.2, 0.25) is 0 Å². The molecule has 152 valence electrons. The Bertz CT molecular complexity index is 737. The van der Waals surface area contributed by atoms with Crippen LogP contribution in [-0.4, -0.2) is 42.4 Å². The van der Waals surface area contributed by atoms with Crippen molar-refractivity contribution in [2.24, 2.45) is 16.7 Å². The van der Waals surface area contributed by atoms with Gasteiger partial charge in [-0.15, -0.1) is 0 Å². The average molecular weight is 381 g/mol. The van der Waals surface area contributed by atoms with Crippen molar-refractivity contribution in [3.05, 3.63) is 41.5 Å². The zero-order chi connectivity index (χ0) is 19.9. The van der Waals surface area contributed by atoms with Gasteiger partial charge >= 0.3 is 0 Å². The minimum Gasteiger partial charge on any atom is -0.311 e. The Labute approximate surface area is 170 Å². The first-order chi connectivity index (χ1) is 13.3. The molecule has 0 unspecified atom stereocenters. The lowest BCUT2D eigenvalue weighted by molar-refractivity contribution is -0.131. The first kappa shape index (κ1) is 19.8. The summed E-state index contributed by atoms with van der Waals surface area (Å²) in [7, 11) is 0. The maximum atomic E-state index is 11.8. The lowest BCUT2D eigenvalue weighted by Crippen LogP contribution is -2.67. The van der Waals surface area contributed by atoms with Gasteiger partial charge in [0.25, 0.3) is 0 Å². The number of Topliss-reactive ketones (excluding diaryl/α,β-unsaturated/α-hetero) is 1. The zero-order valence-electron chi connectivity index (χ0n) is 18.0. The maximum absolute atomic E-state index is 11.8. The van der Waals surface area contributed by atoms with E-state index in [0.717, 1.165) is 18.9 Å². The van der Waals surface area contributed by atoms with Crippen molar-refractivity contribution in [2.45, 2.75) is 65.5 Å². The van der Waals surface area contributed by atoms with E-state index in [-0.39, 0.29) is 5.41 Å². The van der Waals surface area contributed by atoms with Crippen LogP contribution in [0.3, 0.4) is 0 Å². The number of nitrogens with zero attached hydrogens (tertiary/aromatic N) is 1. The van der Waals surface area contributed by atoms with Crippen molar-refractivity contribution in [2.75, 3.05) is 19.6 Å². The summed E-state index contributed by atoms with van der Waals surface area (Å²) < 4.78 is 0. The summed E-state index contributed by atoms with van der Waals surface area (Å²) in [6, 6.07) is 12.1. The smallest absolute Gasteiger partial charge is 0.136 e. The van der Waals surface area contributed by atoms with E-state index in [1.807, 2.05) is 0 Å². The molecular formula is C25H36N2O. The molecule has 3 heteroatoms. The molecule has 4 rings (SSSR count). The minimum atomic E-state index is -0.202. The quantitative estimate of drug-likeness (QED) is 0.719. The molecule has 1 N–H and O–H groups in total. The van der Waals surface area contributed by atoms with E-state index in [1.165, 1.54) is 37.9 Å². The van der Waals surface area contributed by atoms with Crippen LogP contribution in [0.5, 0.6) is 0 Å². The van der Waals surface area contributed by atoms with Gasteiger partial charge in [-0.25, -0.2) is 0 Å². The van der Waals surface area contributed by atoms with Gasteiger partial charge in [0.05, 0.1) is 0 Å². The summed E-state index contributed by atoms with van der Waals surface area (Å²) in [4.78, 5) is 14.2. The van der Waals surface area contributed by atoms with E-state index in [1.54, 1.807) is 12.5 Å². The van der Waals surface area contributed by atoms with Gasteiger partial charge in [-0.3, -0.25) is 4.79 Å². The fourth-order valence-corrected chi connectivity index (χ4v) is 5.37.